The molecule has 0 bridgehead atoms. The van der Waals surface area contributed by atoms with Crippen LogP contribution in [-0.4, -0.2) is 29.5 Å². The number of rotatable bonds is 6. The van der Waals surface area contributed by atoms with Crippen molar-refractivity contribution in [3.05, 3.63) is 30.1 Å². The van der Waals surface area contributed by atoms with Gasteiger partial charge in [0.15, 0.2) is 0 Å². The Morgan fingerprint density at radius 1 is 1.47 bits per heavy atom. The fourth-order valence-corrected chi connectivity index (χ4v) is 1.68. The van der Waals surface area contributed by atoms with E-state index >= 15 is 0 Å². The highest BCUT2D eigenvalue weighted by molar-refractivity contribution is 5.08. The lowest BCUT2D eigenvalue weighted by Crippen LogP contribution is -2.32. The molecular weight excluding hydrogens is 186 g/mol. The summed E-state index contributed by atoms with van der Waals surface area (Å²) in [6, 6.07) is 4.09. The van der Waals surface area contributed by atoms with Gasteiger partial charge in [0.1, 0.15) is 0 Å². The third-order valence-electron chi connectivity index (χ3n) is 2.20. The number of hydrogen-bond donors (Lipinski definition) is 1. The minimum Gasteiger partial charge on any atom is -0.329 e. The third kappa shape index (κ3) is 4.91. The van der Waals surface area contributed by atoms with E-state index in [2.05, 4.69) is 29.8 Å². The van der Waals surface area contributed by atoms with Crippen molar-refractivity contribution >= 4 is 0 Å². The van der Waals surface area contributed by atoms with Crippen molar-refractivity contribution in [2.75, 3.05) is 19.6 Å². The van der Waals surface area contributed by atoms with Crippen molar-refractivity contribution in [1.29, 1.82) is 0 Å². The van der Waals surface area contributed by atoms with Crippen molar-refractivity contribution in [3.8, 4) is 0 Å². The van der Waals surface area contributed by atoms with E-state index in [1.165, 1.54) is 5.56 Å². The van der Waals surface area contributed by atoms with Gasteiger partial charge in [-0.1, -0.05) is 19.9 Å². The molecule has 1 rings (SSSR count). The van der Waals surface area contributed by atoms with Crippen molar-refractivity contribution in [3.63, 3.8) is 0 Å². The van der Waals surface area contributed by atoms with Crippen LogP contribution in [0.15, 0.2) is 24.5 Å². The first-order chi connectivity index (χ1) is 7.22. The maximum absolute atomic E-state index is 5.60. The molecule has 0 unspecified atom stereocenters. The molecule has 1 aromatic rings. The first kappa shape index (κ1) is 12.1. The molecule has 3 heteroatoms. The van der Waals surface area contributed by atoms with E-state index in [1.54, 1.807) is 6.20 Å². The van der Waals surface area contributed by atoms with Crippen LogP contribution in [0.1, 0.15) is 19.4 Å². The van der Waals surface area contributed by atoms with Gasteiger partial charge < -0.3 is 5.73 Å². The van der Waals surface area contributed by atoms with E-state index < -0.39 is 0 Å². The molecule has 84 valence electrons. The highest BCUT2D eigenvalue weighted by Crippen LogP contribution is 2.05. The zero-order valence-corrected chi connectivity index (χ0v) is 9.69. The Morgan fingerprint density at radius 3 is 2.80 bits per heavy atom. The monoisotopic (exact) mass is 207 g/mol. The molecule has 0 amide bonds. The predicted octanol–water partition coefficient (Wildman–Crippen LogP) is 1.50. The fraction of sp³-hybridized carbons (Fsp3) is 0.583. The highest BCUT2D eigenvalue weighted by atomic mass is 15.1. The Morgan fingerprint density at radius 2 is 2.27 bits per heavy atom. The molecule has 0 fully saturated rings. The lowest BCUT2D eigenvalue weighted by molar-refractivity contribution is 0.242. The summed E-state index contributed by atoms with van der Waals surface area (Å²) in [5.74, 6) is 0.674. The van der Waals surface area contributed by atoms with Gasteiger partial charge in [-0.25, -0.2) is 0 Å². The van der Waals surface area contributed by atoms with Gasteiger partial charge in [-0.3, -0.25) is 9.88 Å². The lowest BCUT2D eigenvalue weighted by Gasteiger charge is -2.23. The number of hydrogen-bond acceptors (Lipinski definition) is 3. The van der Waals surface area contributed by atoms with E-state index in [4.69, 9.17) is 5.73 Å². The van der Waals surface area contributed by atoms with Gasteiger partial charge in [-0.15, -0.1) is 0 Å². The predicted molar refractivity (Wildman–Crippen MR) is 63.4 cm³/mol. The largest absolute Gasteiger partial charge is 0.329 e. The van der Waals surface area contributed by atoms with Gasteiger partial charge in [-0.2, -0.15) is 0 Å². The van der Waals surface area contributed by atoms with Crippen LogP contribution < -0.4 is 5.73 Å². The van der Waals surface area contributed by atoms with Gasteiger partial charge in [0.2, 0.25) is 0 Å². The SMILES string of the molecule is CC(C)CN(CCN)Cc1cccnc1. The van der Waals surface area contributed by atoms with Gasteiger partial charge >= 0.3 is 0 Å². The number of pyridine rings is 1. The van der Waals surface area contributed by atoms with Crippen LogP contribution in [0.5, 0.6) is 0 Å². The molecule has 0 aliphatic heterocycles. The second kappa shape index (κ2) is 6.53. The summed E-state index contributed by atoms with van der Waals surface area (Å²) in [6.07, 6.45) is 3.73. The first-order valence-corrected chi connectivity index (χ1v) is 5.53. The van der Waals surface area contributed by atoms with Gasteiger partial charge in [0.25, 0.3) is 0 Å². The van der Waals surface area contributed by atoms with Gasteiger partial charge in [0.05, 0.1) is 0 Å². The van der Waals surface area contributed by atoms with Crippen LogP contribution in [0.25, 0.3) is 0 Å². The molecule has 0 saturated carbocycles. The van der Waals surface area contributed by atoms with Gasteiger partial charge in [0, 0.05) is 38.6 Å². The molecule has 3 nitrogen and oxygen atoms in total. The summed E-state index contributed by atoms with van der Waals surface area (Å²) in [4.78, 5) is 6.50. The number of nitrogens with zero attached hydrogens (tertiary/aromatic N) is 2. The normalized spacial score (nSPS) is 11.3. The molecule has 0 spiro atoms. The second-order valence-electron chi connectivity index (χ2n) is 4.28. The third-order valence-corrected chi connectivity index (χ3v) is 2.20. The fourth-order valence-electron chi connectivity index (χ4n) is 1.68. The number of nitrogens with two attached hydrogens (primary N) is 1. The van der Waals surface area contributed by atoms with Crippen LogP contribution in [0.4, 0.5) is 0 Å². The Balaban J connectivity index is 2.50. The molecule has 0 aliphatic rings. The van der Waals surface area contributed by atoms with Crippen molar-refractivity contribution in [2.24, 2.45) is 11.7 Å². The summed E-state index contributed by atoms with van der Waals surface area (Å²) in [6.45, 7) is 8.16. The summed E-state index contributed by atoms with van der Waals surface area (Å²) >= 11 is 0. The Kier molecular flexibility index (Phi) is 5.29. The van der Waals surface area contributed by atoms with Crippen LogP contribution >= 0.6 is 0 Å². The lowest BCUT2D eigenvalue weighted by atomic mass is 10.2. The molecular formula is C12H21N3. The van der Waals surface area contributed by atoms with Crippen molar-refractivity contribution < 1.29 is 0 Å². The van der Waals surface area contributed by atoms with Crippen LogP contribution in [0.2, 0.25) is 0 Å². The van der Waals surface area contributed by atoms with E-state index in [-0.39, 0.29) is 0 Å². The summed E-state index contributed by atoms with van der Waals surface area (Å²) in [7, 11) is 0. The highest BCUT2D eigenvalue weighted by Gasteiger charge is 2.06. The second-order valence-corrected chi connectivity index (χ2v) is 4.28. The van der Waals surface area contributed by atoms with Crippen molar-refractivity contribution in [1.82, 2.24) is 9.88 Å². The van der Waals surface area contributed by atoms with E-state index in [1.807, 2.05) is 12.3 Å². The Hall–Kier alpha value is -0.930. The topological polar surface area (TPSA) is 42.1 Å². The van der Waals surface area contributed by atoms with Crippen LogP contribution in [-0.2, 0) is 6.54 Å². The van der Waals surface area contributed by atoms with E-state index in [9.17, 15) is 0 Å². The molecule has 1 heterocycles. The van der Waals surface area contributed by atoms with E-state index in [0.29, 0.717) is 12.5 Å². The molecule has 0 aliphatic carbocycles. The summed E-state index contributed by atoms with van der Waals surface area (Å²) in [5.41, 5.74) is 6.86. The smallest absolute Gasteiger partial charge is 0.0312 e. The van der Waals surface area contributed by atoms with Gasteiger partial charge in [-0.05, 0) is 17.5 Å². The molecule has 2 N–H and O–H groups in total. The molecule has 0 saturated heterocycles. The molecule has 15 heavy (non-hydrogen) atoms. The molecule has 1 aromatic heterocycles. The summed E-state index contributed by atoms with van der Waals surface area (Å²) in [5, 5.41) is 0. The maximum Gasteiger partial charge on any atom is 0.0312 e. The average molecular weight is 207 g/mol. The summed E-state index contributed by atoms with van der Waals surface area (Å²) < 4.78 is 0. The zero-order chi connectivity index (χ0) is 11.1. The average Bonchev–Trinajstić information content (AvgIpc) is 2.18. The zero-order valence-electron chi connectivity index (χ0n) is 9.69. The maximum atomic E-state index is 5.60. The quantitative estimate of drug-likeness (QED) is 0.768. The molecule has 0 atom stereocenters. The first-order valence-electron chi connectivity index (χ1n) is 5.53. The van der Waals surface area contributed by atoms with Crippen LogP contribution in [0, 0.1) is 5.92 Å². The van der Waals surface area contributed by atoms with Crippen LogP contribution in [0.3, 0.4) is 0 Å². The molecule has 0 radical (unpaired) electrons. The van der Waals surface area contributed by atoms with Crippen molar-refractivity contribution in [2.45, 2.75) is 20.4 Å². The number of aromatic nitrogens is 1. The standard InChI is InChI=1S/C12H21N3/c1-11(2)9-15(7-5-13)10-12-4-3-6-14-8-12/h3-4,6,8,11H,5,7,9-10,13H2,1-2H3. The molecule has 0 aromatic carbocycles. The Labute approximate surface area is 92.3 Å². The Bertz CT molecular complexity index is 259. The van der Waals surface area contributed by atoms with E-state index in [0.717, 1.165) is 19.6 Å². The minimum absolute atomic E-state index is 0.674. The minimum atomic E-state index is 0.674.